The summed E-state index contributed by atoms with van der Waals surface area (Å²) >= 11 is 0. The smallest absolute Gasteiger partial charge is 0.229 e. The van der Waals surface area contributed by atoms with Crippen LogP contribution in [-0.4, -0.2) is 16.9 Å². The van der Waals surface area contributed by atoms with Gasteiger partial charge in [0.15, 0.2) is 0 Å². The zero-order valence-corrected chi connectivity index (χ0v) is 15.9. The third-order valence-electron chi connectivity index (χ3n) is 4.96. The molecule has 1 aromatic heterocycles. The number of hydrogen-bond donors (Lipinski definition) is 1. The molecule has 1 aliphatic rings. The van der Waals surface area contributed by atoms with E-state index in [0.29, 0.717) is 11.5 Å². The summed E-state index contributed by atoms with van der Waals surface area (Å²) < 4.78 is 12.8. The van der Waals surface area contributed by atoms with Gasteiger partial charge in [0, 0.05) is 0 Å². The first-order valence-electron chi connectivity index (χ1n) is 8.91. The van der Waals surface area contributed by atoms with E-state index in [2.05, 4.69) is 11.2 Å². The van der Waals surface area contributed by atoms with Crippen molar-refractivity contribution < 1.29 is 9.47 Å². The SMILES string of the molecule is COc1ccc(-n2nc(C)c3c2OC(N)=C(C#N)[C@H]3c2ccc(C)cc2)cc1. The lowest BCUT2D eigenvalue weighted by Crippen LogP contribution is -2.22. The van der Waals surface area contributed by atoms with Gasteiger partial charge < -0.3 is 15.2 Å². The van der Waals surface area contributed by atoms with Crippen molar-refractivity contribution in [3.05, 3.63) is 82.4 Å². The Morgan fingerprint density at radius 2 is 1.79 bits per heavy atom. The number of benzene rings is 2. The van der Waals surface area contributed by atoms with Crippen molar-refractivity contribution in [3.63, 3.8) is 0 Å². The Bertz CT molecular complexity index is 1100. The first-order chi connectivity index (χ1) is 13.5. The summed E-state index contributed by atoms with van der Waals surface area (Å²) in [6.07, 6.45) is 0. The summed E-state index contributed by atoms with van der Waals surface area (Å²) in [6.45, 7) is 3.95. The predicted octanol–water partition coefficient (Wildman–Crippen LogP) is 3.72. The maximum absolute atomic E-state index is 9.74. The molecule has 1 aliphatic heterocycles. The Hall–Kier alpha value is -3.72. The standard InChI is InChI=1S/C22H20N4O2/c1-13-4-6-15(7-5-13)20-18(12-23)21(24)28-22-19(20)14(2)25-26(22)16-8-10-17(27-3)11-9-16/h4-11,20H,24H2,1-3H3/t20-/m1/s1. The largest absolute Gasteiger partial charge is 0.497 e. The Balaban J connectivity index is 1.90. The molecule has 3 aromatic rings. The average molecular weight is 372 g/mol. The van der Waals surface area contributed by atoms with Gasteiger partial charge >= 0.3 is 0 Å². The number of fused-ring (bicyclic) bond motifs is 1. The van der Waals surface area contributed by atoms with Crippen molar-refractivity contribution in [2.75, 3.05) is 7.11 Å². The third kappa shape index (κ3) is 2.78. The molecule has 140 valence electrons. The molecule has 0 saturated heterocycles. The number of allylic oxidation sites excluding steroid dienone is 1. The molecule has 2 heterocycles. The van der Waals surface area contributed by atoms with Crippen molar-refractivity contribution in [2.24, 2.45) is 5.73 Å². The Morgan fingerprint density at radius 1 is 1.11 bits per heavy atom. The van der Waals surface area contributed by atoms with Crippen LogP contribution in [0.5, 0.6) is 11.6 Å². The highest BCUT2D eigenvalue weighted by Gasteiger charge is 2.36. The first kappa shape index (κ1) is 17.7. The highest BCUT2D eigenvalue weighted by Crippen LogP contribution is 2.44. The highest BCUT2D eigenvalue weighted by atomic mass is 16.5. The van der Waals surface area contributed by atoms with Crippen LogP contribution in [0.1, 0.15) is 28.3 Å². The average Bonchev–Trinajstić information content (AvgIpc) is 3.03. The van der Waals surface area contributed by atoms with Crippen molar-refractivity contribution in [1.82, 2.24) is 9.78 Å². The number of aromatic nitrogens is 2. The lowest BCUT2D eigenvalue weighted by Gasteiger charge is -2.25. The molecular formula is C22H20N4O2. The van der Waals surface area contributed by atoms with E-state index in [4.69, 9.17) is 15.2 Å². The topological polar surface area (TPSA) is 86.1 Å². The number of hydrogen-bond acceptors (Lipinski definition) is 5. The number of nitrogens with two attached hydrogens (primary N) is 1. The van der Waals surface area contributed by atoms with Gasteiger partial charge in [0.05, 0.1) is 30.0 Å². The van der Waals surface area contributed by atoms with E-state index in [9.17, 15) is 5.26 Å². The summed E-state index contributed by atoms with van der Waals surface area (Å²) in [5.74, 6) is 1.08. The summed E-state index contributed by atoms with van der Waals surface area (Å²) in [5.41, 5.74) is 11.1. The lowest BCUT2D eigenvalue weighted by molar-refractivity contribution is 0.367. The third-order valence-corrected chi connectivity index (χ3v) is 4.96. The quantitative estimate of drug-likeness (QED) is 0.757. The van der Waals surface area contributed by atoms with Crippen LogP contribution in [0, 0.1) is 25.2 Å². The van der Waals surface area contributed by atoms with Gasteiger partial charge in [-0.3, -0.25) is 0 Å². The second-order valence-corrected chi connectivity index (χ2v) is 6.75. The van der Waals surface area contributed by atoms with Gasteiger partial charge in [0.2, 0.25) is 11.8 Å². The number of rotatable bonds is 3. The van der Waals surface area contributed by atoms with E-state index < -0.39 is 0 Å². The molecule has 0 bridgehead atoms. The van der Waals surface area contributed by atoms with Crippen LogP contribution in [0.25, 0.3) is 5.69 Å². The Kier molecular flexibility index (Phi) is 4.28. The molecule has 0 aliphatic carbocycles. The number of aryl methyl sites for hydroxylation is 2. The molecule has 0 radical (unpaired) electrons. The molecule has 2 aromatic carbocycles. The van der Waals surface area contributed by atoms with Gasteiger partial charge in [0.1, 0.15) is 17.4 Å². The fourth-order valence-corrected chi connectivity index (χ4v) is 3.50. The van der Waals surface area contributed by atoms with Crippen molar-refractivity contribution >= 4 is 0 Å². The van der Waals surface area contributed by atoms with Gasteiger partial charge in [0.25, 0.3) is 0 Å². The van der Waals surface area contributed by atoms with Gasteiger partial charge in [-0.2, -0.15) is 10.4 Å². The van der Waals surface area contributed by atoms with Gasteiger partial charge in [-0.1, -0.05) is 29.8 Å². The number of nitrogens with zero attached hydrogens (tertiary/aromatic N) is 3. The molecular weight excluding hydrogens is 352 g/mol. The maximum atomic E-state index is 9.74. The van der Waals surface area contributed by atoms with Crippen LogP contribution < -0.4 is 15.2 Å². The monoisotopic (exact) mass is 372 g/mol. The molecule has 28 heavy (non-hydrogen) atoms. The zero-order chi connectivity index (χ0) is 19.8. The second kappa shape index (κ2) is 6.78. The molecule has 0 amide bonds. The van der Waals surface area contributed by atoms with Crippen molar-refractivity contribution in [2.45, 2.75) is 19.8 Å². The van der Waals surface area contributed by atoms with E-state index in [1.54, 1.807) is 11.8 Å². The minimum absolute atomic E-state index is 0.107. The molecule has 4 rings (SSSR count). The summed E-state index contributed by atoms with van der Waals surface area (Å²) in [4.78, 5) is 0. The van der Waals surface area contributed by atoms with Crippen LogP contribution in [-0.2, 0) is 0 Å². The maximum Gasteiger partial charge on any atom is 0.229 e. The predicted molar refractivity (Wildman–Crippen MR) is 105 cm³/mol. The lowest BCUT2D eigenvalue weighted by atomic mass is 9.84. The van der Waals surface area contributed by atoms with Gasteiger partial charge in [-0.05, 0) is 43.7 Å². The molecule has 0 saturated carbocycles. The summed E-state index contributed by atoms with van der Waals surface area (Å²) in [6, 6.07) is 17.8. The molecule has 6 nitrogen and oxygen atoms in total. The number of methoxy groups -OCH3 is 1. The van der Waals surface area contributed by atoms with Crippen LogP contribution >= 0.6 is 0 Å². The van der Waals surface area contributed by atoms with Crippen molar-refractivity contribution in [1.29, 1.82) is 5.26 Å². The summed E-state index contributed by atoms with van der Waals surface area (Å²) in [5, 5.41) is 14.4. The Labute approximate surface area is 163 Å². The van der Waals surface area contributed by atoms with Crippen molar-refractivity contribution in [3.8, 4) is 23.4 Å². The van der Waals surface area contributed by atoms with E-state index >= 15 is 0 Å². The highest BCUT2D eigenvalue weighted by molar-refractivity contribution is 5.57. The molecule has 6 heteroatoms. The first-order valence-corrected chi connectivity index (χ1v) is 8.91. The minimum Gasteiger partial charge on any atom is -0.497 e. The fraction of sp³-hybridized carbons (Fsp3) is 0.182. The van der Waals surface area contributed by atoms with Crippen LogP contribution in [0.4, 0.5) is 0 Å². The van der Waals surface area contributed by atoms with Crippen LogP contribution in [0.2, 0.25) is 0 Å². The molecule has 1 atom stereocenters. The van der Waals surface area contributed by atoms with Crippen LogP contribution in [0.15, 0.2) is 60.0 Å². The zero-order valence-electron chi connectivity index (χ0n) is 15.9. The summed E-state index contributed by atoms with van der Waals surface area (Å²) in [7, 11) is 1.62. The number of ether oxygens (including phenoxy) is 2. The normalized spacial score (nSPS) is 15.6. The van der Waals surface area contributed by atoms with Gasteiger partial charge in [-0.15, -0.1) is 0 Å². The Morgan fingerprint density at radius 3 is 2.39 bits per heavy atom. The van der Waals surface area contributed by atoms with Gasteiger partial charge in [-0.25, -0.2) is 4.68 Å². The van der Waals surface area contributed by atoms with Crippen LogP contribution in [0.3, 0.4) is 0 Å². The minimum atomic E-state index is -0.318. The second-order valence-electron chi connectivity index (χ2n) is 6.75. The molecule has 2 N–H and O–H groups in total. The molecule has 0 spiro atoms. The van der Waals surface area contributed by atoms with E-state index in [1.165, 1.54) is 0 Å². The fourth-order valence-electron chi connectivity index (χ4n) is 3.50. The van der Waals surface area contributed by atoms with E-state index in [0.717, 1.165) is 33.8 Å². The number of nitriles is 1. The molecule has 0 fully saturated rings. The molecule has 0 unspecified atom stereocenters. The van der Waals surface area contributed by atoms with E-state index in [1.807, 2.05) is 62.4 Å². The van der Waals surface area contributed by atoms with E-state index in [-0.39, 0.29) is 11.8 Å².